The number of rotatable bonds is 2. The molecule has 0 aromatic carbocycles. The van der Waals surface area contributed by atoms with E-state index < -0.39 is 0 Å². The zero-order valence-electron chi connectivity index (χ0n) is 6.74. The van der Waals surface area contributed by atoms with Gasteiger partial charge in [0, 0.05) is 14.2 Å². The van der Waals surface area contributed by atoms with Gasteiger partial charge in [-0.1, -0.05) is 6.07 Å². The van der Waals surface area contributed by atoms with Crippen molar-refractivity contribution in [3.8, 4) is 0 Å². The molecule has 0 unspecified atom stereocenters. The largest absolute Gasteiger partial charge is 0.144 e. The van der Waals surface area contributed by atoms with Gasteiger partial charge in [0.1, 0.15) is 0 Å². The van der Waals surface area contributed by atoms with Crippen molar-refractivity contribution in [3.05, 3.63) is 43.2 Å². The van der Waals surface area contributed by atoms with Gasteiger partial charge < -0.3 is 0 Å². The summed E-state index contributed by atoms with van der Waals surface area (Å²) in [5.74, 6) is 0. The first-order valence-electron chi connectivity index (χ1n) is 3.81. The van der Waals surface area contributed by atoms with E-state index in [4.69, 9.17) is 0 Å². The first kappa shape index (κ1) is 9.19. The van der Waals surface area contributed by atoms with Crippen LogP contribution in [0.1, 0.15) is 9.75 Å². The Bertz CT molecular complexity index is 398. The molecule has 0 spiro atoms. The lowest BCUT2D eigenvalue weighted by molar-refractivity contribution is 1.84. The third kappa shape index (κ3) is 2.30. The molecule has 66 valence electrons. The van der Waals surface area contributed by atoms with Crippen molar-refractivity contribution in [2.75, 3.05) is 0 Å². The van der Waals surface area contributed by atoms with Gasteiger partial charge in [0.25, 0.3) is 0 Å². The molecule has 2 heterocycles. The first-order valence-corrected chi connectivity index (χ1v) is 6.36. The lowest BCUT2D eigenvalue weighted by Crippen LogP contribution is -1.61. The fourth-order valence-corrected chi connectivity index (χ4v) is 2.98. The van der Waals surface area contributed by atoms with Gasteiger partial charge in [0.15, 0.2) is 0 Å². The summed E-state index contributed by atoms with van der Waals surface area (Å²) in [6, 6.07) is 6.25. The van der Waals surface area contributed by atoms with Gasteiger partial charge in [-0.3, -0.25) is 0 Å². The van der Waals surface area contributed by atoms with E-state index in [-0.39, 0.29) is 0 Å². The van der Waals surface area contributed by atoms with Gasteiger partial charge in [0.05, 0.1) is 0 Å². The molecule has 13 heavy (non-hydrogen) atoms. The summed E-state index contributed by atoms with van der Waals surface area (Å²) in [6.07, 6.45) is 4.28. The monoisotopic (exact) mass is 270 g/mol. The Hall–Kier alpha value is -0.380. The molecule has 0 aliphatic carbocycles. The second kappa shape index (κ2) is 4.22. The molecule has 2 aromatic heterocycles. The van der Waals surface area contributed by atoms with Crippen LogP contribution >= 0.6 is 38.6 Å². The van der Waals surface area contributed by atoms with Crippen LogP contribution in [0, 0.1) is 0 Å². The molecule has 0 radical (unpaired) electrons. The third-order valence-electron chi connectivity index (χ3n) is 1.59. The summed E-state index contributed by atoms with van der Waals surface area (Å²) in [7, 11) is 0. The quantitative estimate of drug-likeness (QED) is 0.739. The van der Waals surface area contributed by atoms with Gasteiger partial charge in [-0.15, -0.1) is 22.7 Å². The highest BCUT2D eigenvalue weighted by atomic mass is 79.9. The minimum atomic E-state index is 1.17. The molecule has 0 aliphatic heterocycles. The zero-order chi connectivity index (χ0) is 9.10. The molecule has 2 aromatic rings. The van der Waals surface area contributed by atoms with Crippen LogP contribution in [0.25, 0.3) is 12.2 Å². The molecule has 0 nitrogen and oxygen atoms in total. The summed E-state index contributed by atoms with van der Waals surface area (Å²) < 4.78 is 1.17. The fourth-order valence-electron chi connectivity index (χ4n) is 0.968. The predicted octanol–water partition coefficient (Wildman–Crippen LogP) is 4.74. The molecule has 0 fully saturated rings. The Labute approximate surface area is 93.7 Å². The van der Waals surface area contributed by atoms with E-state index in [1.807, 2.05) is 0 Å². The highest BCUT2D eigenvalue weighted by molar-refractivity contribution is 9.10. The third-order valence-corrected chi connectivity index (χ3v) is 4.26. The van der Waals surface area contributed by atoms with Gasteiger partial charge in [-0.25, -0.2) is 0 Å². The van der Waals surface area contributed by atoms with Crippen molar-refractivity contribution >= 4 is 50.8 Å². The minimum Gasteiger partial charge on any atom is -0.144 e. The van der Waals surface area contributed by atoms with E-state index in [1.165, 1.54) is 14.2 Å². The lowest BCUT2D eigenvalue weighted by atomic mass is 10.4. The molecular weight excluding hydrogens is 264 g/mol. The Balaban J connectivity index is 2.19. The maximum atomic E-state index is 3.49. The van der Waals surface area contributed by atoms with Crippen LogP contribution in [0.4, 0.5) is 0 Å². The van der Waals surface area contributed by atoms with Crippen LogP contribution in [0.15, 0.2) is 33.4 Å². The van der Waals surface area contributed by atoms with Crippen LogP contribution in [0.2, 0.25) is 0 Å². The molecule has 0 saturated carbocycles. The summed E-state index contributed by atoms with van der Waals surface area (Å²) in [5, 5.41) is 4.17. The highest BCUT2D eigenvalue weighted by Gasteiger charge is 1.95. The molecule has 2 rings (SSSR count). The van der Waals surface area contributed by atoms with Gasteiger partial charge in [-0.2, -0.15) is 0 Å². The fraction of sp³-hybridized carbons (Fsp3) is 0. The Kier molecular flexibility index (Phi) is 2.98. The molecule has 0 atom stereocenters. The van der Waals surface area contributed by atoms with Crippen molar-refractivity contribution in [2.24, 2.45) is 0 Å². The van der Waals surface area contributed by atoms with Crippen molar-refractivity contribution < 1.29 is 0 Å². The van der Waals surface area contributed by atoms with Crippen molar-refractivity contribution in [1.82, 2.24) is 0 Å². The minimum absolute atomic E-state index is 1.17. The standard InChI is InChI=1S/C10H7BrS2/c11-9-5-7-13-10(9)4-3-8-2-1-6-12-8/h1-7H. The van der Waals surface area contributed by atoms with E-state index in [9.17, 15) is 0 Å². The van der Waals surface area contributed by atoms with Crippen LogP contribution in [-0.4, -0.2) is 0 Å². The molecule has 3 heteroatoms. The van der Waals surface area contributed by atoms with Gasteiger partial charge in [0.2, 0.25) is 0 Å². The molecular formula is C10H7BrS2. The van der Waals surface area contributed by atoms with Gasteiger partial charge >= 0.3 is 0 Å². The lowest BCUT2D eigenvalue weighted by Gasteiger charge is -1.86. The van der Waals surface area contributed by atoms with Crippen LogP contribution < -0.4 is 0 Å². The van der Waals surface area contributed by atoms with E-state index in [1.54, 1.807) is 22.7 Å². The van der Waals surface area contributed by atoms with E-state index >= 15 is 0 Å². The summed E-state index contributed by atoms with van der Waals surface area (Å²) in [4.78, 5) is 2.56. The zero-order valence-corrected chi connectivity index (χ0v) is 9.95. The maximum Gasteiger partial charge on any atom is 0.0412 e. The average Bonchev–Trinajstić information content (AvgIpc) is 2.72. The second-order valence-electron chi connectivity index (χ2n) is 2.48. The number of halogens is 1. The molecule has 0 bridgehead atoms. The summed E-state index contributed by atoms with van der Waals surface area (Å²) in [6.45, 7) is 0. The molecule has 0 amide bonds. The van der Waals surface area contributed by atoms with Crippen LogP contribution in [0.5, 0.6) is 0 Å². The average molecular weight is 271 g/mol. The number of hydrogen-bond acceptors (Lipinski definition) is 2. The highest BCUT2D eigenvalue weighted by Crippen LogP contribution is 2.25. The Morgan fingerprint density at radius 3 is 2.62 bits per heavy atom. The number of thiophene rings is 2. The van der Waals surface area contributed by atoms with Gasteiger partial charge in [-0.05, 0) is 51.0 Å². The maximum absolute atomic E-state index is 3.49. The van der Waals surface area contributed by atoms with Crippen LogP contribution in [0.3, 0.4) is 0 Å². The smallest absolute Gasteiger partial charge is 0.0412 e. The molecule has 0 saturated heterocycles. The molecule has 0 aliphatic rings. The second-order valence-corrected chi connectivity index (χ2v) is 5.26. The van der Waals surface area contributed by atoms with E-state index in [0.29, 0.717) is 0 Å². The summed E-state index contributed by atoms with van der Waals surface area (Å²) >= 11 is 6.99. The Morgan fingerprint density at radius 2 is 2.00 bits per heavy atom. The topological polar surface area (TPSA) is 0 Å². The Morgan fingerprint density at radius 1 is 1.08 bits per heavy atom. The summed E-state index contributed by atoms with van der Waals surface area (Å²) in [5.41, 5.74) is 0. The molecule has 0 N–H and O–H groups in total. The van der Waals surface area contributed by atoms with Crippen LogP contribution in [-0.2, 0) is 0 Å². The SMILES string of the molecule is Brc1ccsc1C=Cc1cccs1. The normalized spacial score (nSPS) is 11.2. The number of hydrogen-bond donors (Lipinski definition) is 0. The predicted molar refractivity (Wildman–Crippen MR) is 65.3 cm³/mol. The van der Waals surface area contributed by atoms with E-state index in [2.05, 4.69) is 57.0 Å². The van der Waals surface area contributed by atoms with Crippen molar-refractivity contribution in [3.63, 3.8) is 0 Å². The van der Waals surface area contributed by atoms with E-state index in [0.717, 1.165) is 0 Å². The van der Waals surface area contributed by atoms with Crippen molar-refractivity contribution in [1.29, 1.82) is 0 Å². The first-order chi connectivity index (χ1) is 6.36. The van der Waals surface area contributed by atoms with Crippen molar-refractivity contribution in [2.45, 2.75) is 0 Å².